The zero-order valence-corrected chi connectivity index (χ0v) is 13.4. The summed E-state index contributed by atoms with van der Waals surface area (Å²) in [6.07, 6.45) is 0.988. The number of phenols is 1. The van der Waals surface area contributed by atoms with E-state index in [4.69, 9.17) is 0 Å². The Labute approximate surface area is 130 Å². The van der Waals surface area contributed by atoms with Crippen LogP contribution in [0.25, 0.3) is 11.4 Å². The fourth-order valence-corrected chi connectivity index (χ4v) is 2.13. The maximum atomic E-state index is 13.4. The van der Waals surface area contributed by atoms with Gasteiger partial charge in [0.25, 0.3) is 0 Å². The minimum Gasteiger partial charge on any atom is -0.505 e. The second-order valence-corrected chi connectivity index (χ2v) is 5.47. The molecule has 1 aromatic carbocycles. The highest BCUT2D eigenvalue weighted by atomic mass is 127. The van der Waals surface area contributed by atoms with Crippen LogP contribution in [0.1, 0.15) is 19.0 Å². The summed E-state index contributed by atoms with van der Waals surface area (Å²) >= 11 is 2.19. The topological polar surface area (TPSA) is 58.0 Å². The Bertz CT molecular complexity index is 634. The molecule has 0 unspecified atom stereocenters. The summed E-state index contributed by atoms with van der Waals surface area (Å²) in [5.41, 5.74) is 1.38. The molecular formula is C14H15FIN3O. The highest BCUT2D eigenvalue weighted by molar-refractivity contribution is 14.1. The fraction of sp³-hybridized carbons (Fsp3) is 0.286. The Balaban J connectivity index is 2.45. The summed E-state index contributed by atoms with van der Waals surface area (Å²) in [6, 6.07) is 4.14. The van der Waals surface area contributed by atoms with E-state index in [0.717, 1.165) is 28.0 Å². The van der Waals surface area contributed by atoms with Crippen molar-refractivity contribution < 1.29 is 9.50 Å². The predicted molar refractivity (Wildman–Crippen MR) is 85.3 cm³/mol. The summed E-state index contributed by atoms with van der Waals surface area (Å²) in [5, 5.41) is 12.5. The number of hydrogen-bond acceptors (Lipinski definition) is 4. The van der Waals surface area contributed by atoms with Crippen molar-refractivity contribution in [3.63, 3.8) is 0 Å². The van der Waals surface area contributed by atoms with Crippen LogP contribution in [-0.4, -0.2) is 21.6 Å². The monoisotopic (exact) mass is 387 g/mol. The number of phenolic OH excluding ortho intramolecular Hbond substituents is 1. The lowest BCUT2D eigenvalue weighted by atomic mass is 10.2. The standard InChI is InChI=1S/C14H15FIN3O/c1-3-6-17-14-12(16)8(2)18-13(19-14)9-4-5-11(20)10(15)7-9/h4-5,7,20H,3,6H2,1-2H3,(H,17,18,19). The van der Waals surface area contributed by atoms with Gasteiger partial charge in [0.05, 0.1) is 9.26 Å². The largest absolute Gasteiger partial charge is 0.505 e. The van der Waals surface area contributed by atoms with Crippen LogP contribution in [0.3, 0.4) is 0 Å². The third kappa shape index (κ3) is 3.17. The summed E-state index contributed by atoms with van der Waals surface area (Å²) in [7, 11) is 0. The fourth-order valence-electron chi connectivity index (χ4n) is 1.69. The van der Waals surface area contributed by atoms with E-state index in [1.807, 2.05) is 6.92 Å². The molecule has 0 spiro atoms. The maximum absolute atomic E-state index is 13.4. The van der Waals surface area contributed by atoms with Crippen LogP contribution in [0.4, 0.5) is 10.2 Å². The van der Waals surface area contributed by atoms with Gasteiger partial charge in [-0.25, -0.2) is 14.4 Å². The predicted octanol–water partition coefficient (Wildman–Crippen LogP) is 3.72. The number of halogens is 2. The number of aryl methyl sites for hydroxylation is 1. The molecule has 0 aliphatic rings. The lowest BCUT2D eigenvalue weighted by molar-refractivity contribution is 0.432. The number of aromatic hydroxyl groups is 1. The molecule has 0 radical (unpaired) electrons. The molecule has 0 aliphatic carbocycles. The first-order valence-corrected chi connectivity index (χ1v) is 7.37. The Morgan fingerprint density at radius 1 is 1.35 bits per heavy atom. The summed E-state index contributed by atoms with van der Waals surface area (Å²) in [4.78, 5) is 8.81. The quantitative estimate of drug-likeness (QED) is 0.786. The molecule has 6 heteroatoms. The molecule has 0 aliphatic heterocycles. The van der Waals surface area contributed by atoms with Crippen molar-refractivity contribution in [1.82, 2.24) is 9.97 Å². The molecule has 0 atom stereocenters. The summed E-state index contributed by atoms with van der Waals surface area (Å²) < 4.78 is 14.4. The van der Waals surface area contributed by atoms with E-state index < -0.39 is 5.82 Å². The van der Waals surface area contributed by atoms with Crippen LogP contribution in [0.2, 0.25) is 0 Å². The van der Waals surface area contributed by atoms with E-state index in [9.17, 15) is 9.50 Å². The first kappa shape index (κ1) is 15.0. The van der Waals surface area contributed by atoms with Gasteiger partial charge in [-0.15, -0.1) is 0 Å². The molecule has 0 bridgehead atoms. The van der Waals surface area contributed by atoms with Crippen LogP contribution in [0.5, 0.6) is 5.75 Å². The smallest absolute Gasteiger partial charge is 0.165 e. The van der Waals surface area contributed by atoms with Gasteiger partial charge in [-0.1, -0.05) is 6.92 Å². The van der Waals surface area contributed by atoms with Crippen molar-refractivity contribution in [2.24, 2.45) is 0 Å². The Hall–Kier alpha value is -1.44. The van der Waals surface area contributed by atoms with Crippen molar-refractivity contribution in [3.8, 4) is 17.1 Å². The SMILES string of the molecule is CCCNc1nc(-c2ccc(O)c(F)c2)nc(C)c1I. The normalized spacial score (nSPS) is 10.6. The van der Waals surface area contributed by atoms with E-state index in [2.05, 4.69) is 44.8 Å². The zero-order chi connectivity index (χ0) is 14.7. The van der Waals surface area contributed by atoms with Crippen molar-refractivity contribution >= 4 is 28.4 Å². The van der Waals surface area contributed by atoms with Gasteiger partial charge in [0, 0.05) is 12.1 Å². The van der Waals surface area contributed by atoms with Crippen molar-refractivity contribution in [1.29, 1.82) is 0 Å². The lowest BCUT2D eigenvalue weighted by Crippen LogP contribution is -2.07. The van der Waals surface area contributed by atoms with Crippen LogP contribution >= 0.6 is 22.6 Å². The van der Waals surface area contributed by atoms with E-state index in [-0.39, 0.29) is 5.75 Å². The average molecular weight is 387 g/mol. The first-order valence-electron chi connectivity index (χ1n) is 6.29. The average Bonchev–Trinajstić information content (AvgIpc) is 2.43. The third-order valence-electron chi connectivity index (χ3n) is 2.77. The molecule has 2 aromatic rings. The van der Waals surface area contributed by atoms with Gasteiger partial charge in [0.2, 0.25) is 0 Å². The molecule has 4 nitrogen and oxygen atoms in total. The highest BCUT2D eigenvalue weighted by Gasteiger charge is 2.12. The van der Waals surface area contributed by atoms with E-state index in [0.29, 0.717) is 11.4 Å². The maximum Gasteiger partial charge on any atom is 0.165 e. The van der Waals surface area contributed by atoms with Crippen molar-refractivity contribution in [2.75, 3.05) is 11.9 Å². The van der Waals surface area contributed by atoms with Gasteiger partial charge < -0.3 is 10.4 Å². The van der Waals surface area contributed by atoms with Gasteiger partial charge >= 0.3 is 0 Å². The number of aromatic nitrogens is 2. The molecule has 1 aromatic heterocycles. The van der Waals surface area contributed by atoms with Gasteiger partial charge in [-0.05, 0) is 54.1 Å². The molecule has 2 N–H and O–H groups in total. The molecule has 2 rings (SSSR count). The van der Waals surface area contributed by atoms with Crippen molar-refractivity contribution in [3.05, 3.63) is 33.3 Å². The van der Waals surface area contributed by atoms with Gasteiger partial charge in [0.15, 0.2) is 17.4 Å². The minimum absolute atomic E-state index is 0.375. The number of hydrogen-bond donors (Lipinski definition) is 2. The minimum atomic E-state index is -0.676. The number of anilines is 1. The van der Waals surface area contributed by atoms with Gasteiger partial charge in [0.1, 0.15) is 5.82 Å². The summed E-state index contributed by atoms with van der Waals surface area (Å²) in [6.45, 7) is 4.78. The molecule has 0 saturated heterocycles. The summed E-state index contributed by atoms with van der Waals surface area (Å²) in [5.74, 6) is 0.148. The van der Waals surface area contributed by atoms with Gasteiger partial charge in [-0.3, -0.25) is 0 Å². The number of benzene rings is 1. The Morgan fingerprint density at radius 2 is 2.10 bits per heavy atom. The van der Waals surface area contributed by atoms with Crippen LogP contribution < -0.4 is 5.32 Å². The molecule has 0 fully saturated rings. The number of nitrogens with zero attached hydrogens (tertiary/aromatic N) is 2. The van der Waals surface area contributed by atoms with Crippen molar-refractivity contribution in [2.45, 2.75) is 20.3 Å². The number of rotatable bonds is 4. The number of nitrogens with one attached hydrogen (secondary N) is 1. The van der Waals surface area contributed by atoms with E-state index in [1.54, 1.807) is 6.07 Å². The second-order valence-electron chi connectivity index (χ2n) is 4.39. The van der Waals surface area contributed by atoms with E-state index >= 15 is 0 Å². The first-order chi connectivity index (χ1) is 9.52. The Morgan fingerprint density at radius 3 is 2.75 bits per heavy atom. The zero-order valence-electron chi connectivity index (χ0n) is 11.2. The van der Waals surface area contributed by atoms with Crippen LogP contribution in [0.15, 0.2) is 18.2 Å². The molecular weight excluding hydrogens is 372 g/mol. The molecule has 1 heterocycles. The highest BCUT2D eigenvalue weighted by Crippen LogP contribution is 2.26. The molecule has 0 saturated carbocycles. The van der Waals surface area contributed by atoms with Crippen LogP contribution in [-0.2, 0) is 0 Å². The Kier molecular flexibility index (Phi) is 4.74. The molecule has 20 heavy (non-hydrogen) atoms. The molecule has 106 valence electrons. The van der Waals surface area contributed by atoms with Crippen LogP contribution in [0, 0.1) is 16.3 Å². The second kappa shape index (κ2) is 6.34. The van der Waals surface area contributed by atoms with Gasteiger partial charge in [-0.2, -0.15) is 0 Å². The molecule has 0 amide bonds. The third-order valence-corrected chi connectivity index (χ3v) is 4.06. The lowest BCUT2D eigenvalue weighted by Gasteiger charge is -2.11. The van der Waals surface area contributed by atoms with E-state index in [1.165, 1.54) is 12.1 Å².